The van der Waals surface area contributed by atoms with Crippen molar-refractivity contribution < 1.29 is 4.79 Å². The maximum Gasteiger partial charge on any atom is 0.237 e. The van der Waals surface area contributed by atoms with Crippen molar-refractivity contribution >= 4 is 34.4 Å². The minimum Gasteiger partial charge on any atom is -0.333 e. The van der Waals surface area contributed by atoms with E-state index in [4.69, 9.17) is 5.26 Å². The topological polar surface area (TPSA) is 81.6 Å². The molecule has 6 heteroatoms. The van der Waals surface area contributed by atoms with E-state index in [1.165, 1.54) is 11.8 Å². The van der Waals surface area contributed by atoms with Crippen LogP contribution in [-0.4, -0.2) is 21.1 Å². The van der Waals surface area contributed by atoms with E-state index < -0.39 is 0 Å². The summed E-state index contributed by atoms with van der Waals surface area (Å²) in [4.78, 5) is 19.9. The average molecular weight is 322 g/mol. The lowest BCUT2D eigenvalue weighted by atomic mass is 10.2. The number of imidazole rings is 1. The number of hydrogen-bond donors (Lipinski definition) is 2. The maximum atomic E-state index is 12.3. The predicted octanol–water partition coefficient (Wildman–Crippen LogP) is 3.55. The number of para-hydroxylation sites is 2. The molecule has 2 N–H and O–H groups in total. The molecule has 1 heterocycles. The third kappa shape index (κ3) is 3.52. The highest BCUT2D eigenvalue weighted by atomic mass is 32.2. The van der Waals surface area contributed by atoms with Crippen LogP contribution in [0.15, 0.2) is 53.7 Å². The molecule has 0 fully saturated rings. The number of H-pyrrole nitrogens is 1. The summed E-state index contributed by atoms with van der Waals surface area (Å²) in [5.41, 5.74) is 2.96. The van der Waals surface area contributed by atoms with Crippen LogP contribution in [-0.2, 0) is 4.79 Å². The van der Waals surface area contributed by atoms with E-state index >= 15 is 0 Å². The Bertz CT molecular complexity index is 864. The molecule has 0 bridgehead atoms. The van der Waals surface area contributed by atoms with E-state index in [0.29, 0.717) is 16.4 Å². The van der Waals surface area contributed by atoms with Crippen LogP contribution in [0.25, 0.3) is 11.0 Å². The Morgan fingerprint density at radius 1 is 1.30 bits per heavy atom. The zero-order chi connectivity index (χ0) is 16.2. The second-order valence-electron chi connectivity index (χ2n) is 5.00. The zero-order valence-corrected chi connectivity index (χ0v) is 13.2. The van der Waals surface area contributed by atoms with Gasteiger partial charge in [0.2, 0.25) is 5.91 Å². The number of benzene rings is 2. The number of hydrogen-bond acceptors (Lipinski definition) is 4. The SMILES string of the molecule is C[C@H](Sc1nc2ccccc2[nH]1)C(=O)Nc1cccc(C#N)c1. The minimum atomic E-state index is -0.318. The number of anilines is 1. The van der Waals surface area contributed by atoms with E-state index in [1.54, 1.807) is 24.3 Å². The van der Waals surface area contributed by atoms with Gasteiger partial charge in [0.25, 0.3) is 0 Å². The lowest BCUT2D eigenvalue weighted by Gasteiger charge is -2.10. The van der Waals surface area contributed by atoms with E-state index in [0.717, 1.165) is 11.0 Å². The molecule has 5 nitrogen and oxygen atoms in total. The summed E-state index contributed by atoms with van der Waals surface area (Å²) in [5, 5.41) is 12.1. The van der Waals surface area contributed by atoms with Crippen LogP contribution in [0.4, 0.5) is 5.69 Å². The average Bonchev–Trinajstić information content (AvgIpc) is 2.97. The van der Waals surface area contributed by atoms with Gasteiger partial charge in [-0.15, -0.1) is 0 Å². The lowest BCUT2D eigenvalue weighted by Crippen LogP contribution is -2.22. The fourth-order valence-electron chi connectivity index (χ4n) is 2.12. The normalized spacial score (nSPS) is 11.8. The molecule has 0 saturated heterocycles. The van der Waals surface area contributed by atoms with Crippen LogP contribution in [0, 0.1) is 11.3 Å². The van der Waals surface area contributed by atoms with Gasteiger partial charge < -0.3 is 10.3 Å². The number of aromatic nitrogens is 2. The highest BCUT2D eigenvalue weighted by molar-refractivity contribution is 8.00. The fourth-order valence-corrected chi connectivity index (χ4v) is 2.94. The first-order chi connectivity index (χ1) is 11.2. The molecule has 114 valence electrons. The van der Waals surface area contributed by atoms with Crippen LogP contribution in [0.2, 0.25) is 0 Å². The zero-order valence-electron chi connectivity index (χ0n) is 12.4. The Kier molecular flexibility index (Phi) is 4.31. The van der Waals surface area contributed by atoms with E-state index in [-0.39, 0.29) is 11.2 Å². The largest absolute Gasteiger partial charge is 0.333 e. The predicted molar refractivity (Wildman–Crippen MR) is 91.2 cm³/mol. The number of aromatic amines is 1. The molecule has 1 aromatic heterocycles. The molecule has 0 saturated carbocycles. The standard InChI is InChI=1S/C17H14N4OS/c1-11(16(22)19-13-6-4-5-12(9-13)10-18)23-17-20-14-7-2-3-8-15(14)21-17/h2-9,11H,1H3,(H,19,22)(H,20,21)/t11-/m0/s1. The van der Waals surface area contributed by atoms with Crippen LogP contribution >= 0.6 is 11.8 Å². The molecule has 3 aromatic rings. The van der Waals surface area contributed by atoms with Gasteiger partial charge in [0, 0.05) is 5.69 Å². The summed E-state index contributed by atoms with van der Waals surface area (Å²) in [6.07, 6.45) is 0. The molecule has 1 amide bonds. The number of fused-ring (bicyclic) bond motifs is 1. The Morgan fingerprint density at radius 3 is 2.91 bits per heavy atom. The summed E-state index contributed by atoms with van der Waals surface area (Å²) in [5.74, 6) is -0.134. The van der Waals surface area contributed by atoms with Crippen molar-refractivity contribution in [2.75, 3.05) is 5.32 Å². The smallest absolute Gasteiger partial charge is 0.237 e. The van der Waals surface area contributed by atoms with Crippen molar-refractivity contribution in [2.24, 2.45) is 0 Å². The van der Waals surface area contributed by atoms with Gasteiger partial charge in [-0.1, -0.05) is 30.0 Å². The van der Waals surface area contributed by atoms with E-state index in [9.17, 15) is 4.79 Å². The van der Waals surface area contributed by atoms with Gasteiger partial charge in [0.05, 0.1) is 27.9 Å². The fraction of sp³-hybridized carbons (Fsp3) is 0.118. The van der Waals surface area contributed by atoms with Crippen molar-refractivity contribution in [1.29, 1.82) is 5.26 Å². The van der Waals surface area contributed by atoms with Crippen molar-refractivity contribution in [3.63, 3.8) is 0 Å². The highest BCUT2D eigenvalue weighted by Crippen LogP contribution is 2.24. The number of nitriles is 1. The van der Waals surface area contributed by atoms with Gasteiger partial charge in [0.1, 0.15) is 0 Å². The van der Waals surface area contributed by atoms with Gasteiger partial charge in [-0.3, -0.25) is 4.79 Å². The second-order valence-corrected chi connectivity index (χ2v) is 6.33. The van der Waals surface area contributed by atoms with Gasteiger partial charge >= 0.3 is 0 Å². The first kappa shape index (κ1) is 15.1. The molecule has 23 heavy (non-hydrogen) atoms. The summed E-state index contributed by atoms with van der Waals surface area (Å²) < 4.78 is 0. The number of carbonyl (C=O) groups is 1. The first-order valence-electron chi connectivity index (χ1n) is 7.08. The summed E-state index contributed by atoms with van der Waals surface area (Å²) in [7, 11) is 0. The van der Waals surface area contributed by atoms with Gasteiger partial charge in [-0.2, -0.15) is 5.26 Å². The first-order valence-corrected chi connectivity index (χ1v) is 7.96. The molecular formula is C17H14N4OS. The lowest BCUT2D eigenvalue weighted by molar-refractivity contribution is -0.115. The monoisotopic (exact) mass is 322 g/mol. The minimum absolute atomic E-state index is 0.134. The molecule has 0 radical (unpaired) electrons. The van der Waals surface area contributed by atoms with Gasteiger partial charge in [-0.05, 0) is 37.3 Å². The number of nitrogens with zero attached hydrogens (tertiary/aromatic N) is 2. The number of amides is 1. The van der Waals surface area contributed by atoms with Crippen LogP contribution in [0.1, 0.15) is 12.5 Å². The quantitative estimate of drug-likeness (QED) is 0.720. The molecule has 0 aliphatic rings. The van der Waals surface area contributed by atoms with Crippen LogP contribution < -0.4 is 5.32 Å². The third-order valence-electron chi connectivity index (χ3n) is 3.28. The Hall–Kier alpha value is -2.78. The van der Waals surface area contributed by atoms with Crippen molar-refractivity contribution in [3.8, 4) is 6.07 Å². The van der Waals surface area contributed by atoms with E-state index in [2.05, 4.69) is 21.4 Å². The third-order valence-corrected chi connectivity index (χ3v) is 4.27. The molecular weight excluding hydrogens is 308 g/mol. The molecule has 3 rings (SSSR count). The van der Waals surface area contributed by atoms with Crippen LogP contribution in [0.3, 0.4) is 0 Å². The summed E-state index contributed by atoms with van der Waals surface area (Å²) in [6, 6.07) is 16.6. The van der Waals surface area contributed by atoms with Gasteiger partial charge in [0.15, 0.2) is 5.16 Å². The number of nitrogens with one attached hydrogen (secondary N) is 2. The summed E-state index contributed by atoms with van der Waals surface area (Å²) >= 11 is 1.36. The Labute approximate surface area is 137 Å². The molecule has 0 aliphatic carbocycles. The number of carbonyl (C=O) groups excluding carboxylic acids is 1. The van der Waals surface area contributed by atoms with E-state index in [1.807, 2.05) is 31.2 Å². The summed E-state index contributed by atoms with van der Waals surface area (Å²) in [6.45, 7) is 1.82. The molecule has 0 spiro atoms. The molecule has 0 unspecified atom stereocenters. The number of rotatable bonds is 4. The van der Waals surface area contributed by atoms with Crippen molar-refractivity contribution in [1.82, 2.24) is 9.97 Å². The highest BCUT2D eigenvalue weighted by Gasteiger charge is 2.16. The maximum absolute atomic E-state index is 12.3. The Morgan fingerprint density at radius 2 is 2.13 bits per heavy atom. The molecule has 2 aromatic carbocycles. The van der Waals surface area contributed by atoms with Crippen molar-refractivity contribution in [3.05, 3.63) is 54.1 Å². The van der Waals surface area contributed by atoms with Crippen molar-refractivity contribution in [2.45, 2.75) is 17.3 Å². The van der Waals surface area contributed by atoms with Gasteiger partial charge in [-0.25, -0.2) is 4.98 Å². The Balaban J connectivity index is 1.68. The molecule has 1 atom stereocenters. The second kappa shape index (κ2) is 6.55. The molecule has 0 aliphatic heterocycles. The number of thioether (sulfide) groups is 1. The van der Waals surface area contributed by atoms with Crippen LogP contribution in [0.5, 0.6) is 0 Å².